The molecule has 0 aromatic heterocycles. The highest BCUT2D eigenvalue weighted by Crippen LogP contribution is 2.17. The van der Waals surface area contributed by atoms with Crippen LogP contribution in [0.15, 0.2) is 11.6 Å². The Labute approximate surface area is 72.6 Å². The molecular formula is C9H13NO2. The number of nitriles is 1. The van der Waals surface area contributed by atoms with Crippen molar-refractivity contribution in [2.24, 2.45) is 5.41 Å². The number of rotatable bonds is 1. The van der Waals surface area contributed by atoms with Crippen LogP contribution in [0.25, 0.3) is 0 Å². The van der Waals surface area contributed by atoms with Gasteiger partial charge in [-0.2, -0.15) is 5.26 Å². The molecule has 12 heavy (non-hydrogen) atoms. The summed E-state index contributed by atoms with van der Waals surface area (Å²) in [5.74, 6) is -0.576. The van der Waals surface area contributed by atoms with E-state index in [4.69, 9.17) is 5.26 Å². The molecule has 0 atom stereocenters. The average Bonchev–Trinajstić information content (AvgIpc) is 1.97. The maximum atomic E-state index is 10.9. The van der Waals surface area contributed by atoms with E-state index >= 15 is 0 Å². The van der Waals surface area contributed by atoms with Gasteiger partial charge in [-0.1, -0.05) is 26.8 Å². The van der Waals surface area contributed by atoms with Crippen LogP contribution in [-0.4, -0.2) is 13.1 Å². The SMILES string of the molecule is COC(=O)/C(C#N)=C/C(C)(C)C. The van der Waals surface area contributed by atoms with E-state index < -0.39 is 5.97 Å². The van der Waals surface area contributed by atoms with Crippen LogP contribution in [-0.2, 0) is 9.53 Å². The maximum absolute atomic E-state index is 10.9. The standard InChI is InChI=1S/C9H13NO2/c1-9(2,3)5-7(6-10)8(11)12-4/h5H,1-4H3/b7-5+. The molecule has 0 spiro atoms. The lowest BCUT2D eigenvalue weighted by molar-refractivity contribution is -0.135. The van der Waals surface area contributed by atoms with Crippen molar-refractivity contribution in [3.8, 4) is 6.07 Å². The van der Waals surface area contributed by atoms with Crippen molar-refractivity contribution in [2.75, 3.05) is 7.11 Å². The van der Waals surface area contributed by atoms with Gasteiger partial charge < -0.3 is 4.74 Å². The van der Waals surface area contributed by atoms with Crippen molar-refractivity contribution >= 4 is 5.97 Å². The monoisotopic (exact) mass is 167 g/mol. The third-order valence-corrected chi connectivity index (χ3v) is 1.10. The van der Waals surface area contributed by atoms with Crippen LogP contribution in [0.5, 0.6) is 0 Å². The smallest absolute Gasteiger partial charge is 0.348 e. The lowest BCUT2D eigenvalue weighted by Gasteiger charge is -2.11. The Kier molecular flexibility index (Phi) is 3.49. The summed E-state index contributed by atoms with van der Waals surface area (Å²) in [6.45, 7) is 5.73. The summed E-state index contributed by atoms with van der Waals surface area (Å²) in [5.41, 5.74) is -0.121. The molecule has 66 valence electrons. The molecule has 0 heterocycles. The molecule has 0 aliphatic rings. The molecule has 0 aromatic carbocycles. The van der Waals surface area contributed by atoms with Gasteiger partial charge in [-0.25, -0.2) is 4.79 Å². The highest BCUT2D eigenvalue weighted by atomic mass is 16.5. The lowest BCUT2D eigenvalue weighted by atomic mass is 9.94. The Hall–Kier alpha value is -1.30. The third kappa shape index (κ3) is 3.77. The average molecular weight is 167 g/mol. The number of methoxy groups -OCH3 is 1. The number of hydrogen-bond acceptors (Lipinski definition) is 3. The molecule has 0 N–H and O–H groups in total. The second kappa shape index (κ2) is 3.91. The van der Waals surface area contributed by atoms with E-state index in [9.17, 15) is 4.79 Å². The van der Waals surface area contributed by atoms with E-state index in [-0.39, 0.29) is 11.0 Å². The van der Waals surface area contributed by atoms with Crippen molar-refractivity contribution in [3.05, 3.63) is 11.6 Å². The molecule has 0 amide bonds. The zero-order chi connectivity index (χ0) is 9.78. The molecule has 0 aliphatic heterocycles. The first-order valence-electron chi connectivity index (χ1n) is 3.62. The molecular weight excluding hydrogens is 154 g/mol. The molecule has 3 heteroatoms. The van der Waals surface area contributed by atoms with Crippen molar-refractivity contribution in [2.45, 2.75) is 20.8 Å². The van der Waals surface area contributed by atoms with Crippen molar-refractivity contribution in [1.29, 1.82) is 5.26 Å². The predicted octanol–water partition coefficient (Wildman–Crippen LogP) is 1.66. The predicted molar refractivity (Wildman–Crippen MR) is 45.2 cm³/mol. The number of carbonyl (C=O) groups excluding carboxylic acids is 1. The van der Waals surface area contributed by atoms with Crippen molar-refractivity contribution in [1.82, 2.24) is 0 Å². The first kappa shape index (κ1) is 10.7. The Morgan fingerprint density at radius 3 is 2.25 bits per heavy atom. The van der Waals surface area contributed by atoms with Crippen LogP contribution >= 0.6 is 0 Å². The normalized spacial score (nSPS) is 12.1. The fourth-order valence-electron chi connectivity index (χ4n) is 0.680. The fraction of sp³-hybridized carbons (Fsp3) is 0.556. The molecule has 3 nitrogen and oxygen atoms in total. The summed E-state index contributed by atoms with van der Waals surface area (Å²) in [6.07, 6.45) is 1.60. The summed E-state index contributed by atoms with van der Waals surface area (Å²) < 4.78 is 4.42. The van der Waals surface area contributed by atoms with Gasteiger partial charge >= 0.3 is 5.97 Å². The molecule has 0 fully saturated rings. The Morgan fingerprint density at radius 2 is 2.00 bits per heavy atom. The number of allylic oxidation sites excluding steroid dienone is 1. The highest BCUT2D eigenvalue weighted by Gasteiger charge is 2.14. The molecule has 0 bridgehead atoms. The van der Waals surface area contributed by atoms with E-state index in [1.807, 2.05) is 20.8 Å². The van der Waals surface area contributed by atoms with Gasteiger partial charge in [0.15, 0.2) is 0 Å². The summed E-state index contributed by atoms with van der Waals surface area (Å²) >= 11 is 0. The quantitative estimate of drug-likeness (QED) is 0.339. The minimum absolute atomic E-state index is 0.0602. The van der Waals surface area contributed by atoms with Crippen LogP contribution in [0, 0.1) is 16.7 Å². The van der Waals surface area contributed by atoms with E-state index in [0.717, 1.165) is 0 Å². The second-order valence-electron chi connectivity index (χ2n) is 3.53. The van der Waals surface area contributed by atoms with E-state index in [0.29, 0.717) is 0 Å². The Balaban J connectivity index is 4.71. The zero-order valence-corrected chi connectivity index (χ0v) is 7.84. The third-order valence-electron chi connectivity index (χ3n) is 1.10. The molecule has 0 saturated carbocycles. The molecule has 0 unspecified atom stereocenters. The Morgan fingerprint density at radius 1 is 1.50 bits per heavy atom. The van der Waals surface area contributed by atoms with E-state index in [1.54, 1.807) is 12.1 Å². The van der Waals surface area contributed by atoms with E-state index in [2.05, 4.69) is 4.74 Å². The van der Waals surface area contributed by atoms with Crippen LogP contribution in [0.1, 0.15) is 20.8 Å². The minimum Gasteiger partial charge on any atom is -0.465 e. The first-order chi connectivity index (χ1) is 5.40. The van der Waals surface area contributed by atoms with Crippen LogP contribution in [0.2, 0.25) is 0 Å². The summed E-state index contributed by atoms with van der Waals surface area (Å²) in [4.78, 5) is 10.9. The van der Waals surface area contributed by atoms with Crippen molar-refractivity contribution < 1.29 is 9.53 Å². The summed E-state index contributed by atoms with van der Waals surface area (Å²) in [6, 6.07) is 1.80. The maximum Gasteiger partial charge on any atom is 0.348 e. The van der Waals surface area contributed by atoms with Crippen LogP contribution in [0.3, 0.4) is 0 Å². The van der Waals surface area contributed by atoms with Gasteiger partial charge in [-0.15, -0.1) is 0 Å². The van der Waals surface area contributed by atoms with Gasteiger partial charge in [-0.3, -0.25) is 0 Å². The molecule has 0 aromatic rings. The zero-order valence-electron chi connectivity index (χ0n) is 7.84. The number of carbonyl (C=O) groups is 1. The van der Waals surface area contributed by atoms with Crippen LogP contribution in [0.4, 0.5) is 0 Å². The van der Waals surface area contributed by atoms with Gasteiger partial charge in [0.1, 0.15) is 11.6 Å². The largest absolute Gasteiger partial charge is 0.465 e. The lowest BCUT2D eigenvalue weighted by Crippen LogP contribution is -2.08. The van der Waals surface area contributed by atoms with Gasteiger partial charge in [0.25, 0.3) is 0 Å². The van der Waals surface area contributed by atoms with Gasteiger partial charge in [0, 0.05) is 0 Å². The number of hydrogen-bond donors (Lipinski definition) is 0. The molecule has 0 radical (unpaired) electrons. The number of esters is 1. The van der Waals surface area contributed by atoms with Gasteiger partial charge in [0.05, 0.1) is 7.11 Å². The summed E-state index contributed by atoms with van der Waals surface area (Å²) in [5, 5.41) is 8.57. The van der Waals surface area contributed by atoms with Gasteiger partial charge in [0.2, 0.25) is 0 Å². The number of nitrogens with zero attached hydrogens (tertiary/aromatic N) is 1. The Bertz CT molecular complexity index is 240. The molecule has 0 aliphatic carbocycles. The molecule has 0 rings (SSSR count). The number of ether oxygens (including phenoxy) is 1. The van der Waals surface area contributed by atoms with E-state index in [1.165, 1.54) is 7.11 Å². The summed E-state index contributed by atoms with van der Waals surface area (Å²) in [7, 11) is 1.26. The van der Waals surface area contributed by atoms with Crippen molar-refractivity contribution in [3.63, 3.8) is 0 Å². The van der Waals surface area contributed by atoms with Crippen LogP contribution < -0.4 is 0 Å². The fourth-order valence-corrected chi connectivity index (χ4v) is 0.680. The topological polar surface area (TPSA) is 50.1 Å². The van der Waals surface area contributed by atoms with Gasteiger partial charge in [-0.05, 0) is 5.41 Å². The first-order valence-corrected chi connectivity index (χ1v) is 3.62. The second-order valence-corrected chi connectivity index (χ2v) is 3.53. The molecule has 0 saturated heterocycles. The minimum atomic E-state index is -0.576. The highest BCUT2D eigenvalue weighted by molar-refractivity contribution is 5.92.